The van der Waals surface area contributed by atoms with Crippen molar-refractivity contribution in [3.63, 3.8) is 0 Å². The Bertz CT molecular complexity index is 870. The summed E-state index contributed by atoms with van der Waals surface area (Å²) in [6.07, 6.45) is 4.26. The van der Waals surface area contributed by atoms with Crippen molar-refractivity contribution >= 4 is 23.7 Å². The first-order chi connectivity index (χ1) is 13.9. The SMILES string of the molecule is C=C(Nc1c(C=N)nc(Nc2ccccc2F)n1C(C)C)NC1CCC(O)CC1. The molecule has 0 aliphatic heterocycles. The minimum absolute atomic E-state index is 0.00519. The lowest BCUT2D eigenvalue weighted by Gasteiger charge is -2.28. The number of aliphatic hydroxyl groups excluding tert-OH is 1. The normalized spacial score (nSPS) is 19.1. The van der Waals surface area contributed by atoms with E-state index in [2.05, 4.69) is 27.5 Å². The van der Waals surface area contributed by atoms with E-state index in [-0.39, 0.29) is 24.0 Å². The monoisotopic (exact) mass is 400 g/mol. The average molecular weight is 401 g/mol. The maximum atomic E-state index is 14.1. The Morgan fingerprint density at radius 2 is 2.00 bits per heavy atom. The lowest BCUT2D eigenvalue weighted by molar-refractivity contribution is 0.119. The van der Waals surface area contributed by atoms with Crippen LogP contribution in [-0.2, 0) is 0 Å². The lowest BCUT2D eigenvalue weighted by Crippen LogP contribution is -2.36. The summed E-state index contributed by atoms with van der Waals surface area (Å²) in [7, 11) is 0. The molecule has 0 amide bonds. The van der Waals surface area contributed by atoms with Crippen molar-refractivity contribution in [2.24, 2.45) is 0 Å². The van der Waals surface area contributed by atoms with Crippen LogP contribution in [0.5, 0.6) is 0 Å². The van der Waals surface area contributed by atoms with Gasteiger partial charge in [-0.25, -0.2) is 9.37 Å². The van der Waals surface area contributed by atoms with Gasteiger partial charge in [0.15, 0.2) is 0 Å². The van der Waals surface area contributed by atoms with Crippen molar-refractivity contribution in [2.75, 3.05) is 10.6 Å². The number of aromatic nitrogens is 2. The molecule has 0 bridgehead atoms. The predicted molar refractivity (Wildman–Crippen MR) is 114 cm³/mol. The summed E-state index contributed by atoms with van der Waals surface area (Å²) in [6.45, 7) is 8.05. The predicted octanol–water partition coefficient (Wildman–Crippen LogP) is 4.12. The third-order valence-corrected chi connectivity index (χ3v) is 5.06. The summed E-state index contributed by atoms with van der Waals surface area (Å²) in [4.78, 5) is 4.47. The molecular weight excluding hydrogens is 371 g/mol. The van der Waals surface area contributed by atoms with Crippen LogP contribution in [-0.4, -0.2) is 33.0 Å². The quantitative estimate of drug-likeness (QED) is 0.430. The van der Waals surface area contributed by atoms with Crippen LogP contribution in [0.15, 0.2) is 36.7 Å². The van der Waals surface area contributed by atoms with Crippen LogP contribution >= 0.6 is 0 Å². The van der Waals surface area contributed by atoms with Gasteiger partial charge in [0.2, 0.25) is 5.95 Å². The van der Waals surface area contributed by atoms with Crippen LogP contribution in [0.25, 0.3) is 0 Å². The molecule has 0 radical (unpaired) electrons. The number of rotatable bonds is 8. The van der Waals surface area contributed by atoms with Gasteiger partial charge in [-0.05, 0) is 51.7 Å². The van der Waals surface area contributed by atoms with Gasteiger partial charge in [-0.1, -0.05) is 18.7 Å². The molecular formula is C21H29FN6O. The Labute approximate surface area is 170 Å². The first-order valence-electron chi connectivity index (χ1n) is 9.93. The van der Waals surface area contributed by atoms with E-state index in [1.165, 1.54) is 6.07 Å². The van der Waals surface area contributed by atoms with E-state index < -0.39 is 0 Å². The van der Waals surface area contributed by atoms with E-state index in [1.807, 2.05) is 18.4 Å². The second kappa shape index (κ2) is 9.09. The average Bonchev–Trinajstić information content (AvgIpc) is 3.02. The molecule has 0 atom stereocenters. The highest BCUT2D eigenvalue weighted by Crippen LogP contribution is 2.29. The molecule has 8 heteroatoms. The molecule has 1 heterocycles. The minimum Gasteiger partial charge on any atom is -0.393 e. The Morgan fingerprint density at radius 3 is 2.62 bits per heavy atom. The Kier molecular flexibility index (Phi) is 6.53. The first kappa shape index (κ1) is 20.9. The number of nitrogens with zero attached hydrogens (tertiary/aromatic N) is 2. The highest BCUT2D eigenvalue weighted by atomic mass is 19.1. The number of anilines is 3. The molecule has 1 fully saturated rings. The van der Waals surface area contributed by atoms with Crippen molar-refractivity contribution in [1.82, 2.24) is 14.9 Å². The van der Waals surface area contributed by atoms with Crippen LogP contribution in [0.3, 0.4) is 0 Å². The summed E-state index contributed by atoms with van der Waals surface area (Å²) >= 11 is 0. The van der Waals surface area contributed by atoms with E-state index in [1.54, 1.807) is 18.2 Å². The van der Waals surface area contributed by atoms with Crippen molar-refractivity contribution in [2.45, 2.75) is 57.7 Å². The Balaban J connectivity index is 1.82. The molecule has 156 valence electrons. The largest absolute Gasteiger partial charge is 0.393 e. The highest BCUT2D eigenvalue weighted by Gasteiger charge is 2.22. The summed E-state index contributed by atoms with van der Waals surface area (Å²) in [6, 6.07) is 6.65. The van der Waals surface area contributed by atoms with E-state index in [0.717, 1.165) is 31.9 Å². The van der Waals surface area contributed by atoms with Crippen molar-refractivity contribution in [3.8, 4) is 0 Å². The number of para-hydroxylation sites is 1. The molecule has 0 spiro atoms. The van der Waals surface area contributed by atoms with Crippen molar-refractivity contribution < 1.29 is 9.50 Å². The molecule has 7 nitrogen and oxygen atoms in total. The van der Waals surface area contributed by atoms with Gasteiger partial charge in [-0.15, -0.1) is 0 Å². The fraction of sp³-hybridized carbons (Fsp3) is 0.429. The molecule has 1 aliphatic rings. The molecule has 29 heavy (non-hydrogen) atoms. The topological polar surface area (TPSA) is 98.0 Å². The molecule has 3 rings (SSSR count). The first-order valence-corrected chi connectivity index (χ1v) is 9.93. The third-order valence-electron chi connectivity index (χ3n) is 5.06. The van der Waals surface area contributed by atoms with Gasteiger partial charge in [0.05, 0.1) is 17.6 Å². The molecule has 1 aromatic carbocycles. The van der Waals surface area contributed by atoms with Gasteiger partial charge in [-0.3, -0.25) is 4.57 Å². The Morgan fingerprint density at radius 1 is 1.31 bits per heavy atom. The fourth-order valence-electron chi connectivity index (χ4n) is 3.59. The second-order valence-corrected chi connectivity index (χ2v) is 7.64. The van der Waals surface area contributed by atoms with Crippen molar-refractivity contribution in [3.05, 3.63) is 48.2 Å². The smallest absolute Gasteiger partial charge is 0.209 e. The molecule has 0 saturated heterocycles. The standard InChI is InChI=1S/C21H29FN6O/c1-13(2)28-20(25-14(3)24-15-8-10-16(29)11-9-15)19(12-23)27-21(28)26-18-7-5-4-6-17(18)22/h4-7,12-13,15-16,23-25,29H,3,8-11H2,1-2H3,(H,26,27). The maximum Gasteiger partial charge on any atom is 0.209 e. The number of aliphatic hydroxyl groups is 1. The summed E-state index contributed by atoms with van der Waals surface area (Å²) in [5.74, 6) is 1.29. The third kappa shape index (κ3) is 4.95. The fourth-order valence-corrected chi connectivity index (χ4v) is 3.59. The zero-order valence-electron chi connectivity index (χ0n) is 16.9. The number of benzene rings is 1. The summed E-state index contributed by atoms with van der Waals surface area (Å²) < 4.78 is 16.0. The molecule has 0 unspecified atom stereocenters. The van der Waals surface area contributed by atoms with Crippen LogP contribution in [0.1, 0.15) is 51.3 Å². The highest BCUT2D eigenvalue weighted by molar-refractivity contribution is 5.84. The van der Waals surface area contributed by atoms with E-state index in [4.69, 9.17) is 5.41 Å². The summed E-state index contributed by atoms with van der Waals surface area (Å²) in [5.41, 5.74) is 0.750. The van der Waals surface area contributed by atoms with Gasteiger partial charge in [0.1, 0.15) is 17.3 Å². The number of nitrogens with one attached hydrogen (secondary N) is 4. The number of hydrogen-bond acceptors (Lipinski definition) is 6. The molecule has 1 saturated carbocycles. The van der Waals surface area contributed by atoms with Gasteiger partial charge in [0, 0.05) is 18.3 Å². The van der Waals surface area contributed by atoms with E-state index >= 15 is 0 Å². The van der Waals surface area contributed by atoms with Gasteiger partial charge < -0.3 is 26.5 Å². The van der Waals surface area contributed by atoms with Gasteiger partial charge >= 0.3 is 0 Å². The lowest BCUT2D eigenvalue weighted by atomic mass is 9.93. The van der Waals surface area contributed by atoms with Crippen LogP contribution in [0.4, 0.5) is 21.8 Å². The van der Waals surface area contributed by atoms with Crippen molar-refractivity contribution in [1.29, 1.82) is 5.41 Å². The zero-order chi connectivity index (χ0) is 21.0. The van der Waals surface area contributed by atoms with Gasteiger partial charge in [0.25, 0.3) is 0 Å². The van der Waals surface area contributed by atoms with Crippen LogP contribution < -0.4 is 16.0 Å². The van der Waals surface area contributed by atoms with Crippen LogP contribution in [0.2, 0.25) is 0 Å². The summed E-state index contributed by atoms with van der Waals surface area (Å²) in [5, 5.41) is 27.1. The minimum atomic E-state index is -0.373. The van der Waals surface area contributed by atoms with E-state index in [9.17, 15) is 9.50 Å². The zero-order valence-corrected chi connectivity index (χ0v) is 16.9. The molecule has 2 aromatic rings. The molecule has 1 aliphatic carbocycles. The molecule has 1 aromatic heterocycles. The number of imidazole rings is 1. The van der Waals surface area contributed by atoms with Crippen LogP contribution in [0, 0.1) is 11.2 Å². The molecule has 5 N–H and O–H groups in total. The Hall–Kier alpha value is -2.87. The second-order valence-electron chi connectivity index (χ2n) is 7.64. The number of hydrogen-bond donors (Lipinski definition) is 5. The number of halogens is 1. The van der Waals surface area contributed by atoms with E-state index in [0.29, 0.717) is 29.0 Å². The maximum absolute atomic E-state index is 14.1. The van der Waals surface area contributed by atoms with Gasteiger partial charge in [-0.2, -0.15) is 0 Å².